The summed E-state index contributed by atoms with van der Waals surface area (Å²) in [5.74, 6) is -2.87. The van der Waals surface area contributed by atoms with Gasteiger partial charge in [-0.05, 0) is 13.8 Å². The Kier molecular flexibility index (Phi) is 4.25. The van der Waals surface area contributed by atoms with Crippen molar-refractivity contribution in [3.63, 3.8) is 0 Å². The number of amides is 1. The van der Waals surface area contributed by atoms with Gasteiger partial charge >= 0.3 is 6.18 Å². The molecule has 0 unspecified atom stereocenters. The molecular weight excluding hydrogens is 239 g/mol. The molecule has 1 amide bonds. The van der Waals surface area contributed by atoms with E-state index in [-0.39, 0.29) is 13.2 Å². The van der Waals surface area contributed by atoms with Gasteiger partial charge in [-0.25, -0.2) is 0 Å². The van der Waals surface area contributed by atoms with Crippen LogP contribution in [-0.2, 0) is 14.3 Å². The molecule has 0 radical (unpaired) electrons. The number of rotatable bonds is 3. The molecule has 0 spiro atoms. The molecule has 0 fully saturated rings. The Morgan fingerprint density at radius 3 is 2.24 bits per heavy atom. The first-order valence-corrected chi connectivity index (χ1v) is 5.28. The molecule has 0 aromatic rings. The average Bonchev–Trinajstić information content (AvgIpc) is 2.29. The highest BCUT2D eigenvalue weighted by molar-refractivity contribution is 5.92. The van der Waals surface area contributed by atoms with Crippen LogP contribution in [0.25, 0.3) is 0 Å². The smallest absolute Gasteiger partial charge is 0.453 e. The van der Waals surface area contributed by atoms with Crippen molar-refractivity contribution in [3.05, 3.63) is 11.5 Å². The van der Waals surface area contributed by atoms with Crippen LogP contribution in [0.3, 0.4) is 0 Å². The minimum Gasteiger partial charge on any atom is -0.483 e. The van der Waals surface area contributed by atoms with Crippen LogP contribution < -0.4 is 0 Å². The van der Waals surface area contributed by atoms with E-state index in [0.717, 1.165) is 0 Å². The first-order chi connectivity index (χ1) is 7.91. The largest absolute Gasteiger partial charge is 0.483 e. The Morgan fingerprint density at radius 2 is 1.76 bits per heavy atom. The number of hydrogen-bond donors (Lipinski definition) is 0. The van der Waals surface area contributed by atoms with E-state index in [9.17, 15) is 18.0 Å². The van der Waals surface area contributed by atoms with Gasteiger partial charge in [-0.15, -0.1) is 0 Å². The fourth-order valence-electron chi connectivity index (χ4n) is 1.44. The van der Waals surface area contributed by atoms with Crippen LogP contribution in [0.1, 0.15) is 13.8 Å². The SMILES string of the molecule is CCN(CC)C(=O)C1=C(C(F)(F)F)OCCO1. The van der Waals surface area contributed by atoms with E-state index in [1.54, 1.807) is 13.8 Å². The van der Waals surface area contributed by atoms with Crippen molar-refractivity contribution in [3.8, 4) is 0 Å². The van der Waals surface area contributed by atoms with E-state index in [1.807, 2.05) is 0 Å². The predicted octanol–water partition coefficient (Wildman–Crippen LogP) is 1.68. The maximum atomic E-state index is 12.6. The quantitative estimate of drug-likeness (QED) is 0.768. The van der Waals surface area contributed by atoms with Gasteiger partial charge in [0.2, 0.25) is 11.5 Å². The highest BCUT2D eigenvalue weighted by Gasteiger charge is 2.44. The molecule has 0 aromatic carbocycles. The van der Waals surface area contributed by atoms with E-state index in [2.05, 4.69) is 4.74 Å². The summed E-state index contributed by atoms with van der Waals surface area (Å²) in [6, 6.07) is 0. The van der Waals surface area contributed by atoms with Crippen molar-refractivity contribution >= 4 is 5.91 Å². The molecule has 0 saturated heterocycles. The van der Waals surface area contributed by atoms with Crippen molar-refractivity contribution in [2.45, 2.75) is 20.0 Å². The zero-order valence-electron chi connectivity index (χ0n) is 9.63. The summed E-state index contributed by atoms with van der Waals surface area (Å²) in [5, 5.41) is 0. The first kappa shape index (κ1) is 13.7. The number of halogens is 3. The third-order valence-corrected chi connectivity index (χ3v) is 2.28. The lowest BCUT2D eigenvalue weighted by Gasteiger charge is -2.26. The van der Waals surface area contributed by atoms with Crippen LogP contribution in [0.5, 0.6) is 0 Å². The van der Waals surface area contributed by atoms with Crippen molar-refractivity contribution in [2.75, 3.05) is 26.3 Å². The summed E-state index contributed by atoms with van der Waals surface area (Å²) < 4.78 is 47.1. The van der Waals surface area contributed by atoms with Crippen LogP contribution in [0.2, 0.25) is 0 Å². The fraction of sp³-hybridized carbons (Fsp3) is 0.700. The molecule has 0 atom stereocenters. The summed E-state index contributed by atoms with van der Waals surface area (Å²) >= 11 is 0. The monoisotopic (exact) mass is 253 g/mol. The average molecular weight is 253 g/mol. The molecule has 0 bridgehead atoms. The van der Waals surface area contributed by atoms with Gasteiger partial charge in [0, 0.05) is 13.1 Å². The Balaban J connectivity index is 3.05. The van der Waals surface area contributed by atoms with Gasteiger partial charge in [0.1, 0.15) is 13.2 Å². The fourth-order valence-corrected chi connectivity index (χ4v) is 1.44. The van der Waals surface area contributed by atoms with Crippen LogP contribution in [0.15, 0.2) is 11.5 Å². The molecule has 4 nitrogen and oxygen atoms in total. The normalized spacial score (nSPS) is 16.3. The lowest BCUT2D eigenvalue weighted by molar-refractivity contribution is -0.155. The maximum Gasteiger partial charge on any atom is 0.453 e. The minimum absolute atomic E-state index is 0.0536. The second-order valence-electron chi connectivity index (χ2n) is 3.33. The molecular formula is C10H14F3NO3. The van der Waals surface area contributed by atoms with E-state index < -0.39 is 23.6 Å². The van der Waals surface area contributed by atoms with Gasteiger partial charge in [0.05, 0.1) is 0 Å². The molecule has 1 aliphatic rings. The predicted molar refractivity (Wildman–Crippen MR) is 52.9 cm³/mol. The van der Waals surface area contributed by atoms with Gasteiger partial charge in [0.15, 0.2) is 0 Å². The van der Waals surface area contributed by atoms with E-state index in [0.29, 0.717) is 13.1 Å². The summed E-state index contributed by atoms with van der Waals surface area (Å²) in [6.07, 6.45) is -4.71. The van der Waals surface area contributed by atoms with Crippen LogP contribution in [0, 0.1) is 0 Å². The van der Waals surface area contributed by atoms with E-state index in [4.69, 9.17) is 4.74 Å². The number of carbonyl (C=O) groups excluding carboxylic acids is 1. The van der Waals surface area contributed by atoms with Crippen molar-refractivity contribution in [2.24, 2.45) is 0 Å². The number of ether oxygens (including phenoxy) is 2. The molecule has 1 aliphatic heterocycles. The van der Waals surface area contributed by atoms with Crippen LogP contribution in [-0.4, -0.2) is 43.3 Å². The maximum absolute atomic E-state index is 12.6. The Bertz CT molecular complexity index is 321. The van der Waals surface area contributed by atoms with Gasteiger partial charge in [-0.1, -0.05) is 0 Å². The molecule has 1 rings (SSSR count). The third kappa shape index (κ3) is 3.04. The van der Waals surface area contributed by atoms with Gasteiger partial charge in [-0.3, -0.25) is 4.79 Å². The number of allylic oxidation sites excluding steroid dienone is 1. The second kappa shape index (κ2) is 5.29. The van der Waals surface area contributed by atoms with Crippen LogP contribution >= 0.6 is 0 Å². The lowest BCUT2D eigenvalue weighted by atomic mass is 10.3. The Labute approximate surface area is 97.0 Å². The van der Waals surface area contributed by atoms with Gasteiger partial charge < -0.3 is 14.4 Å². The van der Waals surface area contributed by atoms with E-state index in [1.165, 1.54) is 4.90 Å². The molecule has 0 aliphatic carbocycles. The number of nitrogens with zero attached hydrogens (tertiary/aromatic N) is 1. The molecule has 1 heterocycles. The Hall–Kier alpha value is -1.40. The minimum atomic E-state index is -4.71. The second-order valence-corrected chi connectivity index (χ2v) is 3.33. The zero-order valence-corrected chi connectivity index (χ0v) is 9.63. The Morgan fingerprint density at radius 1 is 1.24 bits per heavy atom. The first-order valence-electron chi connectivity index (χ1n) is 5.28. The standard InChI is InChI=1S/C10H14F3NO3/c1-3-14(4-2)9(15)7-8(10(11,12)13)17-6-5-16-7/h3-6H2,1-2H3. The van der Waals surface area contributed by atoms with Crippen molar-refractivity contribution in [1.82, 2.24) is 4.90 Å². The summed E-state index contributed by atoms with van der Waals surface area (Å²) in [5.41, 5.74) is 0. The number of likely N-dealkylation sites (N-methyl/N-ethyl adjacent to an activating group) is 1. The molecule has 0 saturated carbocycles. The topological polar surface area (TPSA) is 38.8 Å². The van der Waals surface area contributed by atoms with Gasteiger partial charge in [-0.2, -0.15) is 13.2 Å². The summed E-state index contributed by atoms with van der Waals surface area (Å²) in [4.78, 5) is 13.0. The van der Waals surface area contributed by atoms with Crippen molar-refractivity contribution in [1.29, 1.82) is 0 Å². The number of hydrogen-bond acceptors (Lipinski definition) is 3. The number of carbonyl (C=O) groups is 1. The van der Waals surface area contributed by atoms with Crippen LogP contribution in [0.4, 0.5) is 13.2 Å². The zero-order chi connectivity index (χ0) is 13.1. The molecule has 7 heteroatoms. The van der Waals surface area contributed by atoms with E-state index >= 15 is 0 Å². The van der Waals surface area contributed by atoms with Crippen molar-refractivity contribution < 1.29 is 27.4 Å². The highest BCUT2D eigenvalue weighted by Crippen LogP contribution is 2.32. The van der Waals surface area contributed by atoms with Gasteiger partial charge in [0.25, 0.3) is 5.91 Å². The third-order valence-electron chi connectivity index (χ3n) is 2.28. The lowest BCUT2D eigenvalue weighted by Crippen LogP contribution is -2.37. The summed E-state index contributed by atoms with van der Waals surface area (Å²) in [7, 11) is 0. The molecule has 98 valence electrons. The molecule has 0 N–H and O–H groups in total. The highest BCUT2D eigenvalue weighted by atomic mass is 19.4. The number of alkyl halides is 3. The molecule has 17 heavy (non-hydrogen) atoms. The summed E-state index contributed by atoms with van der Waals surface area (Å²) in [6.45, 7) is 3.73. The molecule has 0 aromatic heterocycles.